The molecule has 0 unspecified atom stereocenters. The smallest absolute Gasteiger partial charge is 0.176 e. The molecule has 4 N–H and O–H groups in total. The number of hydrogen-bond acceptors (Lipinski definition) is 6. The van der Waals surface area contributed by atoms with Crippen LogP contribution in [0.2, 0.25) is 0 Å². The van der Waals surface area contributed by atoms with Gasteiger partial charge in [0.2, 0.25) is 0 Å². The van der Waals surface area contributed by atoms with E-state index in [1.165, 1.54) is 0 Å². The van der Waals surface area contributed by atoms with Gasteiger partial charge in [-0.1, -0.05) is 6.07 Å². The van der Waals surface area contributed by atoms with Gasteiger partial charge in [0.05, 0.1) is 5.69 Å². The van der Waals surface area contributed by atoms with Gasteiger partial charge in [-0.15, -0.1) is 0 Å². The van der Waals surface area contributed by atoms with Crippen molar-refractivity contribution in [2.45, 2.75) is 0 Å². The first-order valence-corrected chi connectivity index (χ1v) is 5.17. The van der Waals surface area contributed by atoms with Gasteiger partial charge in [-0.05, 0) is 18.9 Å². The largest absolute Gasteiger partial charge is 0.396 e. The van der Waals surface area contributed by atoms with Crippen molar-refractivity contribution in [2.24, 2.45) is 9.98 Å². The molecule has 18 heavy (non-hydrogen) atoms. The Bertz CT molecular complexity index is 591. The first kappa shape index (κ1) is 11.7. The predicted octanol–water partition coefficient (Wildman–Crippen LogP) is 1.72. The molecule has 0 saturated carbocycles. The van der Waals surface area contributed by atoms with E-state index in [4.69, 9.17) is 11.5 Å². The Balaban J connectivity index is 2.33. The molecule has 2 rings (SSSR count). The summed E-state index contributed by atoms with van der Waals surface area (Å²) < 4.78 is 0. The van der Waals surface area contributed by atoms with Gasteiger partial charge in [0.15, 0.2) is 11.6 Å². The summed E-state index contributed by atoms with van der Waals surface area (Å²) in [4.78, 5) is 15.9. The van der Waals surface area contributed by atoms with E-state index in [9.17, 15) is 0 Å². The Labute approximate surface area is 104 Å². The fraction of sp³-hybridized carbons (Fsp3) is 0. The van der Waals surface area contributed by atoms with Crippen LogP contribution in [0.1, 0.15) is 5.56 Å². The number of anilines is 2. The lowest BCUT2D eigenvalue weighted by atomic mass is 10.3. The summed E-state index contributed by atoms with van der Waals surface area (Å²) in [6.07, 6.45) is 5.02. The maximum Gasteiger partial charge on any atom is 0.176 e. The molecule has 0 atom stereocenters. The summed E-state index contributed by atoms with van der Waals surface area (Å²) in [6, 6.07) is 5.31. The minimum absolute atomic E-state index is 0.256. The van der Waals surface area contributed by atoms with Crippen LogP contribution in [-0.2, 0) is 0 Å². The van der Waals surface area contributed by atoms with Crippen molar-refractivity contribution in [3.8, 4) is 0 Å². The average molecular weight is 240 g/mol. The standard InChI is InChI=1S/C12H12N6/c1-15-12-9(13)5-10(11(14)18-12)17-7-8-3-2-4-16-6-8/h2-7H,1,13H2,(H2,14,18)/b17-7+. The maximum absolute atomic E-state index is 5.75. The normalized spacial score (nSPS) is 10.7. The molecule has 0 spiro atoms. The predicted molar refractivity (Wildman–Crippen MR) is 73.8 cm³/mol. The molecule has 2 aromatic rings. The van der Waals surface area contributed by atoms with Crippen LogP contribution in [-0.4, -0.2) is 22.9 Å². The van der Waals surface area contributed by atoms with Gasteiger partial charge in [-0.25, -0.2) is 9.98 Å². The molecule has 0 fully saturated rings. The maximum atomic E-state index is 5.75. The van der Waals surface area contributed by atoms with Crippen LogP contribution in [0.5, 0.6) is 0 Å². The van der Waals surface area contributed by atoms with E-state index < -0.39 is 0 Å². The number of nitrogen functional groups attached to an aromatic ring is 2. The van der Waals surface area contributed by atoms with E-state index in [0.717, 1.165) is 5.56 Å². The van der Waals surface area contributed by atoms with E-state index in [1.54, 1.807) is 24.7 Å². The summed E-state index contributed by atoms with van der Waals surface area (Å²) in [5.41, 5.74) is 13.2. The van der Waals surface area contributed by atoms with Crippen LogP contribution in [0, 0.1) is 0 Å². The summed E-state index contributed by atoms with van der Waals surface area (Å²) >= 11 is 0. The van der Waals surface area contributed by atoms with Gasteiger partial charge in [-0.2, -0.15) is 0 Å². The molecule has 90 valence electrons. The molecular weight excluding hydrogens is 228 g/mol. The van der Waals surface area contributed by atoms with Crippen LogP contribution in [0.25, 0.3) is 0 Å². The molecular formula is C12H12N6. The fourth-order valence-electron chi connectivity index (χ4n) is 1.35. The molecule has 0 aromatic carbocycles. The SMILES string of the molecule is C=Nc1nc(N)c(/N=C/c2cccnc2)cc1N. The minimum atomic E-state index is 0.256. The lowest BCUT2D eigenvalue weighted by molar-refractivity contribution is 1.28. The third-order valence-electron chi connectivity index (χ3n) is 2.23. The lowest BCUT2D eigenvalue weighted by Crippen LogP contribution is -1.95. The van der Waals surface area contributed by atoms with Crippen molar-refractivity contribution in [1.29, 1.82) is 0 Å². The highest BCUT2D eigenvalue weighted by molar-refractivity contribution is 5.84. The van der Waals surface area contributed by atoms with Gasteiger partial charge >= 0.3 is 0 Å². The quantitative estimate of drug-likeness (QED) is 0.797. The fourth-order valence-corrected chi connectivity index (χ4v) is 1.35. The zero-order valence-electron chi connectivity index (χ0n) is 9.61. The first-order chi connectivity index (χ1) is 8.70. The topological polar surface area (TPSA) is 103 Å². The highest BCUT2D eigenvalue weighted by Gasteiger charge is 2.04. The van der Waals surface area contributed by atoms with Crippen LogP contribution in [0.15, 0.2) is 40.6 Å². The second kappa shape index (κ2) is 5.05. The first-order valence-electron chi connectivity index (χ1n) is 5.17. The third kappa shape index (κ3) is 2.49. The van der Waals surface area contributed by atoms with Gasteiger partial charge in [0, 0.05) is 24.2 Å². The van der Waals surface area contributed by atoms with E-state index in [1.807, 2.05) is 12.1 Å². The lowest BCUT2D eigenvalue weighted by Gasteiger charge is -2.03. The van der Waals surface area contributed by atoms with Gasteiger partial charge < -0.3 is 11.5 Å². The summed E-state index contributed by atoms with van der Waals surface area (Å²) in [5.74, 6) is 0.569. The Morgan fingerprint density at radius 2 is 2.17 bits per heavy atom. The molecule has 0 bridgehead atoms. The number of nitrogens with zero attached hydrogens (tertiary/aromatic N) is 4. The number of hydrogen-bond donors (Lipinski definition) is 2. The molecule has 2 heterocycles. The molecule has 6 heteroatoms. The molecule has 2 aromatic heterocycles. The van der Waals surface area contributed by atoms with E-state index in [0.29, 0.717) is 17.2 Å². The Hall–Kier alpha value is -2.76. The Morgan fingerprint density at radius 3 is 2.83 bits per heavy atom. The zero-order valence-corrected chi connectivity index (χ0v) is 9.61. The van der Waals surface area contributed by atoms with Crippen LogP contribution >= 0.6 is 0 Å². The van der Waals surface area contributed by atoms with E-state index in [2.05, 4.69) is 26.7 Å². The highest BCUT2D eigenvalue weighted by atomic mass is 15.0. The van der Waals surface area contributed by atoms with Crippen molar-refractivity contribution in [3.63, 3.8) is 0 Å². The minimum Gasteiger partial charge on any atom is -0.396 e. The third-order valence-corrected chi connectivity index (χ3v) is 2.23. The summed E-state index contributed by atoms with van der Waals surface area (Å²) in [5, 5.41) is 0. The molecule has 0 aliphatic carbocycles. The van der Waals surface area contributed by atoms with Crippen LogP contribution in [0.4, 0.5) is 23.0 Å². The second-order valence-corrected chi connectivity index (χ2v) is 3.51. The van der Waals surface area contributed by atoms with Crippen LogP contribution in [0.3, 0.4) is 0 Å². The molecule has 0 aliphatic heterocycles. The summed E-state index contributed by atoms with van der Waals surface area (Å²) in [6.45, 7) is 3.36. The van der Waals surface area contributed by atoms with Gasteiger partial charge in [0.25, 0.3) is 0 Å². The van der Waals surface area contributed by atoms with E-state index in [-0.39, 0.29) is 5.82 Å². The number of aliphatic imine (C=N–C) groups is 2. The van der Waals surface area contributed by atoms with Crippen molar-refractivity contribution >= 4 is 35.9 Å². The van der Waals surface area contributed by atoms with Crippen molar-refractivity contribution < 1.29 is 0 Å². The van der Waals surface area contributed by atoms with E-state index >= 15 is 0 Å². The Morgan fingerprint density at radius 1 is 1.33 bits per heavy atom. The molecule has 0 saturated heterocycles. The van der Waals surface area contributed by atoms with Gasteiger partial charge in [-0.3, -0.25) is 9.98 Å². The molecule has 6 nitrogen and oxygen atoms in total. The average Bonchev–Trinajstić information content (AvgIpc) is 2.40. The molecule has 0 radical (unpaired) electrons. The van der Waals surface area contributed by atoms with Gasteiger partial charge in [0.1, 0.15) is 5.69 Å². The number of rotatable bonds is 3. The van der Waals surface area contributed by atoms with Crippen molar-refractivity contribution in [2.75, 3.05) is 11.5 Å². The van der Waals surface area contributed by atoms with Crippen molar-refractivity contribution in [1.82, 2.24) is 9.97 Å². The Kier molecular flexibility index (Phi) is 3.29. The molecule has 0 amide bonds. The monoisotopic (exact) mass is 240 g/mol. The number of pyridine rings is 2. The van der Waals surface area contributed by atoms with Crippen LogP contribution < -0.4 is 11.5 Å². The molecule has 0 aliphatic rings. The summed E-state index contributed by atoms with van der Waals surface area (Å²) in [7, 11) is 0. The van der Waals surface area contributed by atoms with Crippen molar-refractivity contribution in [3.05, 3.63) is 36.2 Å². The zero-order chi connectivity index (χ0) is 13.0. The highest BCUT2D eigenvalue weighted by Crippen LogP contribution is 2.29. The number of nitrogens with two attached hydrogens (primary N) is 2. The second-order valence-electron chi connectivity index (χ2n) is 3.51. The number of aromatic nitrogens is 2.